The van der Waals surface area contributed by atoms with Gasteiger partial charge in [-0.3, -0.25) is 0 Å². The largest absolute Gasteiger partial charge is 0.472 e. The molecule has 0 amide bonds. The molecule has 1 fully saturated rings. The third-order valence-corrected chi connectivity index (χ3v) is 3.14. The van der Waals surface area contributed by atoms with Gasteiger partial charge in [-0.1, -0.05) is 6.92 Å². The summed E-state index contributed by atoms with van der Waals surface area (Å²) in [5.74, 6) is 0. The zero-order chi connectivity index (χ0) is 10.7. The summed E-state index contributed by atoms with van der Waals surface area (Å²) in [4.78, 5) is 0. The summed E-state index contributed by atoms with van der Waals surface area (Å²) in [6.45, 7) is 6.11. The van der Waals surface area contributed by atoms with Gasteiger partial charge in [0, 0.05) is 12.2 Å². The van der Waals surface area contributed by atoms with Crippen molar-refractivity contribution in [2.24, 2.45) is 0 Å². The molecule has 84 valence electrons. The van der Waals surface area contributed by atoms with E-state index in [0.29, 0.717) is 0 Å². The van der Waals surface area contributed by atoms with Gasteiger partial charge in [0.05, 0.1) is 24.2 Å². The zero-order valence-electron chi connectivity index (χ0n) is 9.45. The van der Waals surface area contributed by atoms with Gasteiger partial charge in [-0.2, -0.15) is 0 Å². The summed E-state index contributed by atoms with van der Waals surface area (Å²) in [7, 11) is 0. The van der Waals surface area contributed by atoms with Gasteiger partial charge in [0.15, 0.2) is 0 Å². The fourth-order valence-corrected chi connectivity index (χ4v) is 2.36. The summed E-state index contributed by atoms with van der Waals surface area (Å²) in [5.41, 5.74) is 1.10. The first-order valence-electron chi connectivity index (χ1n) is 5.66. The van der Waals surface area contributed by atoms with Crippen molar-refractivity contribution in [1.82, 2.24) is 5.32 Å². The molecule has 1 aliphatic heterocycles. The van der Waals surface area contributed by atoms with Crippen molar-refractivity contribution >= 4 is 0 Å². The Balaban J connectivity index is 2.19. The minimum absolute atomic E-state index is 0.0834. The van der Waals surface area contributed by atoms with Gasteiger partial charge >= 0.3 is 0 Å². The Kier molecular flexibility index (Phi) is 3.12. The normalized spacial score (nSPS) is 28.1. The molecule has 0 radical (unpaired) electrons. The van der Waals surface area contributed by atoms with E-state index in [2.05, 4.69) is 19.2 Å². The van der Waals surface area contributed by atoms with Crippen LogP contribution in [0.4, 0.5) is 0 Å². The molecule has 3 heteroatoms. The first kappa shape index (κ1) is 10.7. The lowest BCUT2D eigenvalue weighted by Crippen LogP contribution is -2.41. The van der Waals surface area contributed by atoms with Crippen molar-refractivity contribution in [2.75, 3.05) is 13.2 Å². The zero-order valence-corrected chi connectivity index (χ0v) is 9.45. The Bertz CT molecular complexity index is 289. The molecule has 1 N–H and O–H groups in total. The smallest absolute Gasteiger partial charge is 0.0951 e. The van der Waals surface area contributed by atoms with Crippen LogP contribution in [0.2, 0.25) is 0 Å². The van der Waals surface area contributed by atoms with Crippen LogP contribution >= 0.6 is 0 Å². The maximum Gasteiger partial charge on any atom is 0.0951 e. The molecule has 3 nitrogen and oxygen atoms in total. The molecule has 1 saturated heterocycles. The summed E-state index contributed by atoms with van der Waals surface area (Å²) < 4.78 is 11.0. The summed E-state index contributed by atoms with van der Waals surface area (Å²) in [6.07, 6.45) is 5.78. The third kappa shape index (κ3) is 2.08. The number of rotatable bonds is 4. The van der Waals surface area contributed by atoms with Gasteiger partial charge in [0.2, 0.25) is 0 Å². The predicted molar refractivity (Wildman–Crippen MR) is 58.7 cm³/mol. The molecule has 2 heterocycles. The predicted octanol–water partition coefficient (Wildman–Crippen LogP) is 2.50. The van der Waals surface area contributed by atoms with Crippen LogP contribution in [0.5, 0.6) is 0 Å². The lowest BCUT2D eigenvalue weighted by Gasteiger charge is -2.33. The van der Waals surface area contributed by atoms with Crippen LogP contribution in [-0.4, -0.2) is 18.8 Å². The van der Waals surface area contributed by atoms with Crippen molar-refractivity contribution < 1.29 is 9.15 Å². The molecular formula is C12H19NO2. The van der Waals surface area contributed by atoms with Crippen molar-refractivity contribution in [1.29, 1.82) is 0 Å². The molecule has 0 aliphatic carbocycles. The van der Waals surface area contributed by atoms with E-state index in [1.807, 2.05) is 6.07 Å². The highest BCUT2D eigenvalue weighted by atomic mass is 16.5. The molecule has 1 aromatic heterocycles. The molecule has 0 saturated carbocycles. The molecule has 2 rings (SSSR count). The van der Waals surface area contributed by atoms with Gasteiger partial charge in [-0.05, 0) is 32.4 Å². The van der Waals surface area contributed by atoms with Crippen LogP contribution < -0.4 is 5.32 Å². The molecular weight excluding hydrogens is 190 g/mol. The summed E-state index contributed by atoms with van der Waals surface area (Å²) in [5, 5.41) is 3.48. The second-order valence-corrected chi connectivity index (χ2v) is 4.31. The van der Waals surface area contributed by atoms with Crippen LogP contribution in [0.1, 0.15) is 38.3 Å². The van der Waals surface area contributed by atoms with Crippen molar-refractivity contribution in [2.45, 2.75) is 38.3 Å². The van der Waals surface area contributed by atoms with Crippen LogP contribution in [0, 0.1) is 0 Å². The van der Waals surface area contributed by atoms with Gasteiger partial charge in [-0.15, -0.1) is 0 Å². The Morgan fingerprint density at radius 2 is 2.47 bits per heavy atom. The van der Waals surface area contributed by atoms with Gasteiger partial charge in [0.25, 0.3) is 0 Å². The van der Waals surface area contributed by atoms with Gasteiger partial charge in [-0.25, -0.2) is 0 Å². The average Bonchev–Trinajstić information content (AvgIpc) is 2.85. The lowest BCUT2D eigenvalue weighted by atomic mass is 9.89. The number of ether oxygens (including phenoxy) is 1. The van der Waals surface area contributed by atoms with Crippen LogP contribution in [0.3, 0.4) is 0 Å². The monoisotopic (exact) mass is 209 g/mol. The van der Waals surface area contributed by atoms with E-state index < -0.39 is 0 Å². The quantitative estimate of drug-likeness (QED) is 0.827. The third-order valence-electron chi connectivity index (χ3n) is 3.14. The molecule has 1 aromatic rings. The summed E-state index contributed by atoms with van der Waals surface area (Å²) >= 11 is 0. The second-order valence-electron chi connectivity index (χ2n) is 4.31. The Labute approximate surface area is 90.8 Å². The minimum atomic E-state index is -0.0834. The van der Waals surface area contributed by atoms with Gasteiger partial charge < -0.3 is 14.5 Å². The van der Waals surface area contributed by atoms with E-state index >= 15 is 0 Å². The van der Waals surface area contributed by atoms with Crippen LogP contribution in [0.25, 0.3) is 0 Å². The number of hydrogen-bond acceptors (Lipinski definition) is 3. The fraction of sp³-hybridized carbons (Fsp3) is 0.667. The van der Waals surface area contributed by atoms with E-state index in [4.69, 9.17) is 9.15 Å². The maximum atomic E-state index is 5.87. The average molecular weight is 209 g/mol. The van der Waals surface area contributed by atoms with E-state index in [1.54, 1.807) is 12.5 Å². The number of hydrogen-bond donors (Lipinski definition) is 1. The van der Waals surface area contributed by atoms with Crippen molar-refractivity contribution in [3.63, 3.8) is 0 Å². The first-order chi connectivity index (χ1) is 7.26. The molecule has 2 unspecified atom stereocenters. The van der Waals surface area contributed by atoms with E-state index in [9.17, 15) is 0 Å². The van der Waals surface area contributed by atoms with E-state index in [1.165, 1.54) is 5.56 Å². The van der Waals surface area contributed by atoms with E-state index in [0.717, 1.165) is 26.0 Å². The second kappa shape index (κ2) is 4.37. The molecule has 0 spiro atoms. The van der Waals surface area contributed by atoms with E-state index in [-0.39, 0.29) is 11.6 Å². The Hall–Kier alpha value is -0.800. The van der Waals surface area contributed by atoms with Crippen LogP contribution in [0.15, 0.2) is 23.0 Å². The van der Waals surface area contributed by atoms with Crippen LogP contribution in [-0.2, 0) is 4.74 Å². The van der Waals surface area contributed by atoms with Crippen molar-refractivity contribution in [3.8, 4) is 0 Å². The van der Waals surface area contributed by atoms with Gasteiger partial charge in [0.1, 0.15) is 0 Å². The maximum absolute atomic E-state index is 5.87. The molecule has 0 bridgehead atoms. The highest BCUT2D eigenvalue weighted by Gasteiger charge is 2.39. The number of likely N-dealkylation sites (N-methyl/N-ethyl adjacent to an activating group) is 1. The molecule has 2 atom stereocenters. The highest BCUT2D eigenvalue weighted by molar-refractivity contribution is 5.17. The fourth-order valence-electron chi connectivity index (χ4n) is 2.36. The number of nitrogens with one attached hydrogen (secondary N) is 1. The Morgan fingerprint density at radius 3 is 3.00 bits per heavy atom. The highest BCUT2D eigenvalue weighted by Crippen LogP contribution is 2.37. The summed E-state index contributed by atoms with van der Waals surface area (Å²) in [6, 6.07) is 2.25. The van der Waals surface area contributed by atoms with Crippen molar-refractivity contribution in [3.05, 3.63) is 24.2 Å². The lowest BCUT2D eigenvalue weighted by molar-refractivity contribution is -0.0122. The minimum Gasteiger partial charge on any atom is -0.472 e. The Morgan fingerprint density at radius 1 is 1.60 bits per heavy atom. The number of furan rings is 1. The first-order valence-corrected chi connectivity index (χ1v) is 5.66. The topological polar surface area (TPSA) is 34.4 Å². The standard InChI is InChI=1S/C12H19NO2/c1-3-13-11(10-5-8-14-9-10)12(2)6-4-7-15-12/h5,8-9,11,13H,3-4,6-7H2,1-2H3. The SMILES string of the molecule is CCNC(c1ccoc1)C1(C)CCCO1. The molecule has 1 aliphatic rings. The molecule has 0 aromatic carbocycles. The molecule has 15 heavy (non-hydrogen) atoms.